The summed E-state index contributed by atoms with van der Waals surface area (Å²) in [7, 11) is 0. The molecule has 0 spiro atoms. The molecule has 7 aromatic rings. The summed E-state index contributed by atoms with van der Waals surface area (Å²) < 4.78 is 0. The number of benzene rings is 6. The Morgan fingerprint density at radius 3 is 2.04 bits per heavy atom. The van der Waals surface area contributed by atoms with Gasteiger partial charge in [-0.15, -0.1) is 0 Å². The Morgan fingerprint density at radius 1 is 0.625 bits per heavy atom. The summed E-state index contributed by atoms with van der Waals surface area (Å²) in [5.74, 6) is 0.255. The third kappa shape index (κ3) is 4.73. The fourth-order valence-corrected chi connectivity index (χ4v) is 8.29. The normalized spacial score (nSPS) is 15.8. The molecule has 1 atom stereocenters. The molecule has 2 aliphatic carbocycles. The molecule has 0 aliphatic heterocycles. The van der Waals surface area contributed by atoms with Crippen molar-refractivity contribution in [1.29, 1.82) is 0 Å². The quantitative estimate of drug-likeness (QED) is 0.176. The number of pyridine rings is 1. The smallest absolute Gasteiger partial charge is 0.0553 e. The monoisotopic (exact) mass is 615 g/mol. The van der Waals surface area contributed by atoms with Gasteiger partial charge in [0.25, 0.3) is 0 Å². The molecule has 1 nitrogen and oxygen atoms in total. The Bertz CT molecular complexity index is 2420. The van der Waals surface area contributed by atoms with Crippen LogP contribution in [0.3, 0.4) is 0 Å². The summed E-state index contributed by atoms with van der Waals surface area (Å²) in [6.45, 7) is 2.25. The molecule has 1 aromatic heterocycles. The summed E-state index contributed by atoms with van der Waals surface area (Å²) in [5, 5.41) is 7.94. The highest BCUT2D eigenvalue weighted by atomic mass is 14.7. The van der Waals surface area contributed by atoms with Gasteiger partial charge in [0, 0.05) is 17.7 Å². The SMILES string of the molecule is CCc1ccc(-c2c3ccccc3c(C3=CC(c4cccnc4C4C=Cc5ccccc5C4)=CCC3)c3ccccc23)c2ccccc12. The molecule has 230 valence electrons. The summed E-state index contributed by atoms with van der Waals surface area (Å²) >= 11 is 0. The molecule has 48 heavy (non-hydrogen) atoms. The van der Waals surface area contributed by atoms with Crippen LogP contribution in [0.5, 0.6) is 0 Å². The van der Waals surface area contributed by atoms with Gasteiger partial charge in [-0.1, -0.05) is 146 Å². The van der Waals surface area contributed by atoms with E-state index < -0.39 is 0 Å². The van der Waals surface area contributed by atoms with E-state index in [0.717, 1.165) is 25.7 Å². The van der Waals surface area contributed by atoms with Crippen LogP contribution >= 0.6 is 0 Å². The van der Waals surface area contributed by atoms with Gasteiger partial charge >= 0.3 is 0 Å². The summed E-state index contributed by atoms with van der Waals surface area (Å²) in [6, 6.07) is 44.9. The molecule has 0 saturated heterocycles. The maximum absolute atomic E-state index is 5.01. The van der Waals surface area contributed by atoms with Crippen LogP contribution in [0.4, 0.5) is 0 Å². The molecule has 6 aromatic carbocycles. The number of aryl methyl sites for hydroxylation is 1. The predicted octanol–water partition coefficient (Wildman–Crippen LogP) is 12.4. The van der Waals surface area contributed by atoms with Crippen LogP contribution in [0, 0.1) is 0 Å². The lowest BCUT2D eigenvalue weighted by Gasteiger charge is -2.24. The van der Waals surface area contributed by atoms with Crippen LogP contribution < -0.4 is 0 Å². The zero-order chi connectivity index (χ0) is 32.0. The standard InChI is InChI=1S/C47H37N/c1-2-31-26-27-44(39-18-6-5-17-37(31)39)46-42-21-9-7-19-40(42)45(41-20-8-10-22-43(41)46)35-16-11-15-34(30-35)38-23-12-28-48-47(38)36-25-24-32-13-3-4-14-33(32)29-36/h3-10,12-15,17-28,30,36H,2,11,16,29H2,1H3. The van der Waals surface area contributed by atoms with Crippen molar-refractivity contribution in [2.24, 2.45) is 0 Å². The van der Waals surface area contributed by atoms with Crippen molar-refractivity contribution in [1.82, 2.24) is 4.98 Å². The van der Waals surface area contributed by atoms with Crippen molar-refractivity contribution in [3.05, 3.63) is 179 Å². The van der Waals surface area contributed by atoms with E-state index >= 15 is 0 Å². The number of aromatic nitrogens is 1. The highest BCUT2D eigenvalue weighted by Gasteiger charge is 2.24. The average molecular weight is 616 g/mol. The molecule has 9 rings (SSSR count). The first kappa shape index (κ1) is 28.7. The molecule has 0 saturated carbocycles. The number of nitrogens with zero attached hydrogens (tertiary/aromatic N) is 1. The van der Waals surface area contributed by atoms with Crippen molar-refractivity contribution in [3.8, 4) is 11.1 Å². The van der Waals surface area contributed by atoms with Crippen molar-refractivity contribution in [2.45, 2.75) is 38.5 Å². The molecule has 0 bridgehead atoms. The largest absolute Gasteiger partial charge is 0.260 e. The fourth-order valence-electron chi connectivity index (χ4n) is 8.29. The lowest BCUT2D eigenvalue weighted by atomic mass is 9.80. The highest BCUT2D eigenvalue weighted by Crippen LogP contribution is 2.46. The summed E-state index contributed by atoms with van der Waals surface area (Å²) in [6.07, 6.45) is 15.5. The van der Waals surface area contributed by atoms with E-state index in [9.17, 15) is 0 Å². The van der Waals surface area contributed by atoms with E-state index in [4.69, 9.17) is 4.98 Å². The Labute approximate surface area is 282 Å². The maximum Gasteiger partial charge on any atom is 0.0553 e. The van der Waals surface area contributed by atoms with E-state index in [1.807, 2.05) is 6.20 Å². The van der Waals surface area contributed by atoms with E-state index in [1.165, 1.54) is 88.1 Å². The van der Waals surface area contributed by atoms with Crippen molar-refractivity contribution < 1.29 is 0 Å². The van der Waals surface area contributed by atoms with Crippen LogP contribution in [0.2, 0.25) is 0 Å². The lowest BCUT2D eigenvalue weighted by molar-refractivity contribution is 0.790. The minimum absolute atomic E-state index is 0.255. The minimum atomic E-state index is 0.255. The molecule has 1 heteroatoms. The zero-order valence-electron chi connectivity index (χ0n) is 27.3. The predicted molar refractivity (Wildman–Crippen MR) is 205 cm³/mol. The summed E-state index contributed by atoms with van der Waals surface area (Å²) in [5.41, 5.74) is 13.2. The van der Waals surface area contributed by atoms with E-state index in [2.05, 4.69) is 153 Å². The van der Waals surface area contributed by atoms with Crippen LogP contribution in [0.15, 0.2) is 146 Å². The van der Waals surface area contributed by atoms with E-state index in [1.54, 1.807) is 0 Å². The van der Waals surface area contributed by atoms with Gasteiger partial charge in [0.15, 0.2) is 0 Å². The summed E-state index contributed by atoms with van der Waals surface area (Å²) in [4.78, 5) is 5.01. The van der Waals surface area contributed by atoms with Crippen LogP contribution in [-0.4, -0.2) is 4.98 Å². The van der Waals surface area contributed by atoms with Crippen LogP contribution in [-0.2, 0) is 12.8 Å². The van der Waals surface area contributed by atoms with Gasteiger partial charge in [0.1, 0.15) is 0 Å². The van der Waals surface area contributed by atoms with Gasteiger partial charge in [-0.3, -0.25) is 4.98 Å². The molecule has 2 aliphatic rings. The van der Waals surface area contributed by atoms with Gasteiger partial charge < -0.3 is 0 Å². The number of allylic oxidation sites excluding steroid dienone is 5. The third-order valence-corrected chi connectivity index (χ3v) is 10.5. The minimum Gasteiger partial charge on any atom is -0.260 e. The lowest BCUT2D eigenvalue weighted by Crippen LogP contribution is -2.10. The van der Waals surface area contributed by atoms with Gasteiger partial charge in [0.2, 0.25) is 0 Å². The number of hydrogen-bond donors (Lipinski definition) is 0. The average Bonchev–Trinajstić information content (AvgIpc) is 3.16. The first-order chi connectivity index (χ1) is 23.8. The van der Waals surface area contributed by atoms with Gasteiger partial charge in [-0.25, -0.2) is 0 Å². The molecular formula is C47H37N. The second-order valence-corrected chi connectivity index (χ2v) is 13.2. The van der Waals surface area contributed by atoms with E-state index in [0.29, 0.717) is 0 Å². The molecule has 0 radical (unpaired) electrons. The molecule has 1 heterocycles. The molecular weight excluding hydrogens is 579 g/mol. The Morgan fingerprint density at radius 2 is 1.29 bits per heavy atom. The van der Waals surface area contributed by atoms with Crippen molar-refractivity contribution >= 4 is 49.5 Å². The van der Waals surface area contributed by atoms with Crippen molar-refractivity contribution in [3.63, 3.8) is 0 Å². The Kier molecular flexibility index (Phi) is 7.12. The maximum atomic E-state index is 5.01. The number of fused-ring (bicyclic) bond motifs is 4. The fraction of sp³-hybridized carbons (Fsp3) is 0.128. The topological polar surface area (TPSA) is 12.9 Å². The second kappa shape index (κ2) is 11.9. The van der Waals surface area contributed by atoms with Gasteiger partial charge in [0.05, 0.1) is 5.69 Å². The third-order valence-electron chi connectivity index (χ3n) is 10.5. The number of rotatable bonds is 5. The first-order valence-electron chi connectivity index (χ1n) is 17.4. The van der Waals surface area contributed by atoms with Crippen molar-refractivity contribution in [2.75, 3.05) is 0 Å². The van der Waals surface area contributed by atoms with Gasteiger partial charge in [-0.2, -0.15) is 0 Å². The molecule has 0 fully saturated rings. The highest BCUT2D eigenvalue weighted by molar-refractivity contribution is 6.21. The molecule has 0 N–H and O–H groups in total. The van der Waals surface area contributed by atoms with Crippen LogP contribution in [0.1, 0.15) is 59.2 Å². The second-order valence-electron chi connectivity index (χ2n) is 13.2. The first-order valence-corrected chi connectivity index (χ1v) is 17.4. The van der Waals surface area contributed by atoms with E-state index in [-0.39, 0.29) is 5.92 Å². The molecule has 1 unspecified atom stereocenters. The Hall–Kier alpha value is -5.53. The van der Waals surface area contributed by atoms with Gasteiger partial charge in [-0.05, 0) is 109 Å². The van der Waals surface area contributed by atoms with Crippen LogP contribution in [0.25, 0.3) is 60.7 Å². The number of hydrogen-bond acceptors (Lipinski definition) is 1. The molecule has 0 amide bonds. The zero-order valence-corrected chi connectivity index (χ0v) is 27.3. The Balaban J connectivity index is 1.22.